The highest BCUT2D eigenvalue weighted by Gasteiger charge is 2.15. The molecule has 3 aromatic heterocycles. The van der Waals surface area contributed by atoms with Crippen molar-refractivity contribution in [2.24, 2.45) is 17.3 Å². The molecule has 1 fully saturated rings. The van der Waals surface area contributed by atoms with Crippen molar-refractivity contribution >= 4 is 28.8 Å². The first-order valence-electron chi connectivity index (χ1n) is 14.3. The molecule has 0 unspecified atom stereocenters. The third-order valence-electron chi connectivity index (χ3n) is 7.46. The molecule has 0 atom stereocenters. The van der Waals surface area contributed by atoms with Gasteiger partial charge in [-0.1, -0.05) is 54.6 Å². The van der Waals surface area contributed by atoms with Crippen LogP contribution in [0.2, 0.25) is 0 Å². The first-order valence-corrected chi connectivity index (χ1v) is 14.3. The summed E-state index contributed by atoms with van der Waals surface area (Å²) in [5.74, 6) is 0.705. The molecule has 43 heavy (non-hydrogen) atoms. The molecule has 1 aliphatic rings. The van der Waals surface area contributed by atoms with Gasteiger partial charge in [-0.2, -0.15) is 5.10 Å². The van der Waals surface area contributed by atoms with Crippen molar-refractivity contribution in [1.82, 2.24) is 19.9 Å². The van der Waals surface area contributed by atoms with E-state index >= 15 is 0 Å². The molecule has 0 bridgehead atoms. The van der Waals surface area contributed by atoms with Gasteiger partial charge in [-0.25, -0.2) is 9.97 Å². The summed E-state index contributed by atoms with van der Waals surface area (Å²) < 4.78 is 7.35. The standard InChI is InChI=1S/C34H33N7O2.H2/c1-3-37-39-33-29-21-28(25-7-5-4-6-8-25)32(38-30(29)15-16-40(33)2)26-11-9-24(10-12-26)22-36-34(42)27-13-14-31(35-23-27)41-17-19-43-20-18-41;/h3-16,21,23H,17-20,22H2,1-2H3,(H,36,42);1H/b37-3+,39-33-;. The molecular weight excluding hydrogens is 538 g/mol. The van der Waals surface area contributed by atoms with Crippen LogP contribution in [0.15, 0.2) is 101 Å². The van der Waals surface area contributed by atoms with Crippen LogP contribution in [-0.4, -0.2) is 53.0 Å². The quantitative estimate of drug-likeness (QED) is 0.213. The lowest BCUT2D eigenvalue weighted by atomic mass is 9.97. The maximum Gasteiger partial charge on any atom is 0.253 e. The number of aryl methyl sites for hydroxylation is 1. The summed E-state index contributed by atoms with van der Waals surface area (Å²) in [6.45, 7) is 5.24. The van der Waals surface area contributed by atoms with Crippen molar-refractivity contribution < 1.29 is 11.0 Å². The number of nitrogens with zero attached hydrogens (tertiary/aromatic N) is 6. The van der Waals surface area contributed by atoms with Crippen LogP contribution in [0.5, 0.6) is 0 Å². The Morgan fingerprint density at radius 3 is 2.53 bits per heavy atom. The molecule has 6 rings (SSSR count). The summed E-state index contributed by atoms with van der Waals surface area (Å²) in [4.78, 5) is 24.6. The Hall–Kier alpha value is -5.15. The van der Waals surface area contributed by atoms with Gasteiger partial charge in [0.25, 0.3) is 5.91 Å². The topological polar surface area (TPSA) is 97.0 Å². The predicted molar refractivity (Wildman–Crippen MR) is 172 cm³/mol. The maximum atomic E-state index is 12.8. The van der Waals surface area contributed by atoms with Crippen LogP contribution in [0.3, 0.4) is 0 Å². The number of carbonyl (C=O) groups is 1. The molecule has 4 heterocycles. The van der Waals surface area contributed by atoms with Gasteiger partial charge >= 0.3 is 0 Å². The monoisotopic (exact) mass is 573 g/mol. The van der Waals surface area contributed by atoms with Gasteiger partial charge in [0.2, 0.25) is 0 Å². The Bertz CT molecular complexity index is 1830. The van der Waals surface area contributed by atoms with E-state index in [4.69, 9.17) is 9.72 Å². The molecule has 218 valence electrons. The zero-order valence-electron chi connectivity index (χ0n) is 24.3. The minimum atomic E-state index is -0.158. The lowest BCUT2D eigenvalue weighted by Crippen LogP contribution is -2.36. The largest absolute Gasteiger partial charge is 0.378 e. The second-order valence-corrected chi connectivity index (χ2v) is 10.3. The van der Waals surface area contributed by atoms with Crippen LogP contribution in [0.4, 0.5) is 5.82 Å². The number of morpholine rings is 1. The number of carbonyl (C=O) groups excluding carboxylic acids is 1. The molecule has 1 saturated heterocycles. The average molecular weight is 574 g/mol. The van der Waals surface area contributed by atoms with E-state index in [9.17, 15) is 4.79 Å². The summed E-state index contributed by atoms with van der Waals surface area (Å²) >= 11 is 0. The lowest BCUT2D eigenvalue weighted by Gasteiger charge is -2.27. The number of hydrogen-bond acceptors (Lipinski definition) is 7. The Morgan fingerprint density at radius 2 is 1.81 bits per heavy atom. The Labute approximate surface area is 251 Å². The van der Waals surface area contributed by atoms with Crippen LogP contribution >= 0.6 is 0 Å². The molecule has 5 aromatic rings. The summed E-state index contributed by atoms with van der Waals surface area (Å²) in [5.41, 5.74) is 7.02. The Balaban J connectivity index is 0.00000384. The molecule has 9 heteroatoms. The van der Waals surface area contributed by atoms with Crippen LogP contribution in [0, 0.1) is 0 Å². The van der Waals surface area contributed by atoms with Crippen LogP contribution < -0.4 is 15.7 Å². The summed E-state index contributed by atoms with van der Waals surface area (Å²) in [7, 11) is 1.95. The van der Waals surface area contributed by atoms with Crippen molar-refractivity contribution in [3.8, 4) is 22.4 Å². The third kappa shape index (κ3) is 6.22. The number of hydrogen-bond donors (Lipinski definition) is 1. The van der Waals surface area contributed by atoms with Gasteiger partial charge in [0.05, 0.1) is 30.0 Å². The lowest BCUT2D eigenvalue weighted by molar-refractivity contribution is 0.0950. The fraction of sp³-hybridized carbons (Fsp3) is 0.206. The third-order valence-corrected chi connectivity index (χ3v) is 7.46. The van der Waals surface area contributed by atoms with Crippen molar-refractivity contribution in [3.05, 3.63) is 108 Å². The van der Waals surface area contributed by atoms with Crippen molar-refractivity contribution in [2.45, 2.75) is 13.5 Å². The van der Waals surface area contributed by atoms with E-state index in [2.05, 4.69) is 55.7 Å². The maximum absolute atomic E-state index is 12.8. The Morgan fingerprint density at radius 1 is 1.02 bits per heavy atom. The zero-order valence-corrected chi connectivity index (χ0v) is 24.3. The number of anilines is 1. The van der Waals surface area contributed by atoms with E-state index in [1.165, 1.54) is 0 Å². The van der Waals surface area contributed by atoms with E-state index in [0.29, 0.717) is 25.3 Å². The van der Waals surface area contributed by atoms with Gasteiger partial charge in [0, 0.05) is 63.2 Å². The number of nitrogens with one attached hydrogen (secondary N) is 1. The number of amides is 1. The summed E-state index contributed by atoms with van der Waals surface area (Å²) in [6.07, 6.45) is 5.25. The van der Waals surface area contributed by atoms with Gasteiger partial charge in [-0.05, 0) is 42.3 Å². The number of pyridine rings is 3. The fourth-order valence-corrected chi connectivity index (χ4v) is 5.14. The van der Waals surface area contributed by atoms with E-state index in [-0.39, 0.29) is 7.33 Å². The highest BCUT2D eigenvalue weighted by Crippen LogP contribution is 2.32. The Kier molecular flexibility index (Phi) is 8.33. The number of fused-ring (bicyclic) bond motifs is 1. The zero-order chi connectivity index (χ0) is 29.6. The molecular formula is C34H35N7O2. The van der Waals surface area contributed by atoms with E-state index in [1.807, 2.05) is 73.3 Å². The van der Waals surface area contributed by atoms with Crippen LogP contribution in [0.25, 0.3) is 33.3 Å². The van der Waals surface area contributed by atoms with Gasteiger partial charge in [0.1, 0.15) is 5.82 Å². The van der Waals surface area contributed by atoms with E-state index in [1.54, 1.807) is 12.4 Å². The normalized spacial score (nSPS) is 14.0. The van der Waals surface area contributed by atoms with Crippen LogP contribution in [0.1, 0.15) is 24.3 Å². The smallest absolute Gasteiger partial charge is 0.253 e. The van der Waals surface area contributed by atoms with E-state index < -0.39 is 0 Å². The number of ether oxygens (including phenoxy) is 1. The number of benzene rings is 2. The van der Waals surface area contributed by atoms with Crippen molar-refractivity contribution in [1.29, 1.82) is 0 Å². The molecule has 9 nitrogen and oxygen atoms in total. The van der Waals surface area contributed by atoms with Gasteiger partial charge < -0.3 is 19.5 Å². The fourth-order valence-electron chi connectivity index (χ4n) is 5.14. The summed E-state index contributed by atoms with van der Waals surface area (Å²) in [6, 6.07) is 26.2. The summed E-state index contributed by atoms with van der Waals surface area (Å²) in [5, 5.41) is 12.5. The van der Waals surface area contributed by atoms with Crippen LogP contribution in [-0.2, 0) is 18.3 Å². The molecule has 0 spiro atoms. The molecule has 0 aliphatic carbocycles. The second-order valence-electron chi connectivity index (χ2n) is 10.3. The van der Waals surface area contributed by atoms with Crippen molar-refractivity contribution in [3.63, 3.8) is 0 Å². The molecule has 0 radical (unpaired) electrons. The minimum Gasteiger partial charge on any atom is -0.378 e. The molecule has 1 N–H and O–H groups in total. The molecule has 1 amide bonds. The van der Waals surface area contributed by atoms with Gasteiger partial charge in [-0.3, -0.25) is 4.79 Å². The van der Waals surface area contributed by atoms with Gasteiger partial charge in [0.15, 0.2) is 5.49 Å². The SMILES string of the molecule is C/C=N/N=c1/c2cc(-c3ccccc3)c(-c3ccc(CNC(=O)c4ccc(N5CCOCC5)nc4)cc3)nc2ccn1C.[HH]. The minimum absolute atomic E-state index is 0. The number of aromatic nitrogens is 3. The average Bonchev–Trinajstić information content (AvgIpc) is 3.07. The molecule has 2 aromatic carbocycles. The predicted octanol–water partition coefficient (Wildman–Crippen LogP) is 5.22. The number of rotatable bonds is 7. The molecule has 1 aliphatic heterocycles. The first kappa shape index (κ1) is 28.0. The van der Waals surface area contributed by atoms with E-state index in [0.717, 1.165) is 63.2 Å². The first-order chi connectivity index (χ1) is 21.1. The highest BCUT2D eigenvalue weighted by atomic mass is 16.5. The van der Waals surface area contributed by atoms with Gasteiger partial charge in [-0.15, -0.1) is 5.10 Å². The molecule has 0 saturated carbocycles. The highest BCUT2D eigenvalue weighted by molar-refractivity contribution is 5.94. The van der Waals surface area contributed by atoms with Crippen molar-refractivity contribution in [2.75, 3.05) is 31.2 Å². The second kappa shape index (κ2) is 12.8.